The molecule has 3 heteroatoms. The molecule has 1 N–H and O–H groups in total. The fraction of sp³-hybridized carbons (Fsp3) is 0.600. The molecular formula is C15H23BrClN. The molecule has 0 amide bonds. The lowest BCUT2D eigenvalue weighted by Gasteiger charge is -2.18. The van der Waals surface area contributed by atoms with Crippen LogP contribution in [-0.4, -0.2) is 12.6 Å². The summed E-state index contributed by atoms with van der Waals surface area (Å²) in [6.07, 6.45) is 5.88. The molecular weight excluding hydrogens is 310 g/mol. The topological polar surface area (TPSA) is 12.0 Å². The van der Waals surface area contributed by atoms with Crippen molar-refractivity contribution < 1.29 is 0 Å². The van der Waals surface area contributed by atoms with Crippen LogP contribution in [0.1, 0.15) is 45.1 Å². The van der Waals surface area contributed by atoms with Crippen molar-refractivity contribution in [2.75, 3.05) is 6.54 Å². The molecule has 1 aromatic carbocycles. The molecule has 1 aromatic rings. The minimum atomic E-state index is 0.620. The highest BCUT2D eigenvalue weighted by Gasteiger charge is 2.08. The van der Waals surface area contributed by atoms with E-state index in [1.54, 1.807) is 0 Å². The average Bonchev–Trinajstić information content (AvgIpc) is 2.34. The Labute approximate surface area is 124 Å². The molecule has 0 aromatic heterocycles. The van der Waals surface area contributed by atoms with Gasteiger partial charge in [0.05, 0.1) is 0 Å². The molecule has 1 atom stereocenters. The first-order valence-electron chi connectivity index (χ1n) is 6.84. The van der Waals surface area contributed by atoms with Crippen LogP contribution >= 0.6 is 27.5 Å². The Morgan fingerprint density at radius 2 is 2.00 bits per heavy atom. The van der Waals surface area contributed by atoms with Gasteiger partial charge in [-0.05, 0) is 49.9 Å². The van der Waals surface area contributed by atoms with Crippen molar-refractivity contribution in [3.8, 4) is 0 Å². The Bertz CT molecular complexity index is 354. The number of hydrogen-bond acceptors (Lipinski definition) is 1. The van der Waals surface area contributed by atoms with Crippen LogP contribution in [0.2, 0.25) is 5.02 Å². The van der Waals surface area contributed by atoms with Crippen LogP contribution in [0.3, 0.4) is 0 Å². The van der Waals surface area contributed by atoms with Crippen molar-refractivity contribution >= 4 is 27.5 Å². The Kier molecular flexibility index (Phi) is 7.96. The van der Waals surface area contributed by atoms with E-state index in [1.807, 2.05) is 6.07 Å². The van der Waals surface area contributed by atoms with Crippen molar-refractivity contribution in [3.63, 3.8) is 0 Å². The summed E-state index contributed by atoms with van der Waals surface area (Å²) in [6.45, 7) is 5.56. The molecule has 1 rings (SSSR count). The molecule has 102 valence electrons. The molecule has 0 aliphatic carbocycles. The van der Waals surface area contributed by atoms with Gasteiger partial charge in [0.1, 0.15) is 0 Å². The van der Waals surface area contributed by atoms with Crippen LogP contribution in [0.4, 0.5) is 0 Å². The van der Waals surface area contributed by atoms with Crippen LogP contribution in [0.25, 0.3) is 0 Å². The number of halogens is 2. The maximum atomic E-state index is 6.24. The quantitative estimate of drug-likeness (QED) is 0.689. The van der Waals surface area contributed by atoms with E-state index >= 15 is 0 Å². The van der Waals surface area contributed by atoms with E-state index in [4.69, 9.17) is 11.6 Å². The number of hydrogen-bond donors (Lipinski definition) is 1. The summed E-state index contributed by atoms with van der Waals surface area (Å²) in [5.74, 6) is 0. The van der Waals surface area contributed by atoms with E-state index in [2.05, 4.69) is 47.2 Å². The number of nitrogens with one attached hydrogen (secondary N) is 1. The lowest BCUT2D eigenvalue weighted by Crippen LogP contribution is -2.30. The SMILES string of the molecule is CCCNC(CCC)CCc1ccc(Br)cc1Cl. The Morgan fingerprint density at radius 1 is 1.22 bits per heavy atom. The first kappa shape index (κ1) is 16.0. The second kappa shape index (κ2) is 8.95. The standard InChI is InChI=1S/C15H23BrClN/c1-3-5-14(18-10-4-2)9-7-12-6-8-13(16)11-15(12)17/h6,8,11,14,18H,3-5,7,9-10H2,1-2H3. The highest BCUT2D eigenvalue weighted by atomic mass is 79.9. The van der Waals surface area contributed by atoms with E-state index < -0.39 is 0 Å². The lowest BCUT2D eigenvalue weighted by molar-refractivity contribution is 0.449. The molecule has 0 radical (unpaired) electrons. The third-order valence-electron chi connectivity index (χ3n) is 3.10. The van der Waals surface area contributed by atoms with Crippen LogP contribution in [0.15, 0.2) is 22.7 Å². The van der Waals surface area contributed by atoms with Gasteiger partial charge in [-0.1, -0.05) is 53.9 Å². The minimum Gasteiger partial charge on any atom is -0.314 e. The Balaban J connectivity index is 2.49. The smallest absolute Gasteiger partial charge is 0.0449 e. The van der Waals surface area contributed by atoms with E-state index in [9.17, 15) is 0 Å². The van der Waals surface area contributed by atoms with Gasteiger partial charge in [0.25, 0.3) is 0 Å². The molecule has 0 fully saturated rings. The minimum absolute atomic E-state index is 0.620. The molecule has 0 aliphatic heterocycles. The van der Waals surface area contributed by atoms with Crippen molar-refractivity contribution in [3.05, 3.63) is 33.3 Å². The molecule has 0 aliphatic rings. The normalized spacial score (nSPS) is 12.7. The van der Waals surface area contributed by atoms with Gasteiger partial charge in [-0.25, -0.2) is 0 Å². The van der Waals surface area contributed by atoms with Gasteiger partial charge < -0.3 is 5.32 Å². The molecule has 0 saturated heterocycles. The van der Waals surface area contributed by atoms with Crippen LogP contribution in [-0.2, 0) is 6.42 Å². The van der Waals surface area contributed by atoms with Crippen LogP contribution < -0.4 is 5.32 Å². The van der Waals surface area contributed by atoms with Gasteiger partial charge in [0.2, 0.25) is 0 Å². The highest BCUT2D eigenvalue weighted by Crippen LogP contribution is 2.23. The predicted molar refractivity (Wildman–Crippen MR) is 84.5 cm³/mol. The van der Waals surface area contributed by atoms with Gasteiger partial charge >= 0.3 is 0 Å². The van der Waals surface area contributed by atoms with Gasteiger partial charge in [-0.15, -0.1) is 0 Å². The van der Waals surface area contributed by atoms with Gasteiger partial charge in [-0.2, -0.15) is 0 Å². The first-order chi connectivity index (χ1) is 8.67. The van der Waals surface area contributed by atoms with Crippen LogP contribution in [0, 0.1) is 0 Å². The molecule has 0 spiro atoms. The van der Waals surface area contributed by atoms with E-state index in [1.165, 1.54) is 24.8 Å². The number of aryl methyl sites for hydroxylation is 1. The van der Waals surface area contributed by atoms with E-state index in [-0.39, 0.29) is 0 Å². The molecule has 1 nitrogen and oxygen atoms in total. The van der Waals surface area contributed by atoms with Crippen LogP contribution in [0.5, 0.6) is 0 Å². The number of rotatable bonds is 8. The monoisotopic (exact) mass is 331 g/mol. The zero-order chi connectivity index (χ0) is 13.4. The largest absolute Gasteiger partial charge is 0.314 e. The molecule has 0 saturated carbocycles. The summed E-state index contributed by atoms with van der Waals surface area (Å²) in [4.78, 5) is 0. The summed E-state index contributed by atoms with van der Waals surface area (Å²) in [5, 5.41) is 4.49. The zero-order valence-corrected chi connectivity index (χ0v) is 13.6. The van der Waals surface area contributed by atoms with Gasteiger partial charge in [0.15, 0.2) is 0 Å². The molecule has 18 heavy (non-hydrogen) atoms. The van der Waals surface area contributed by atoms with Crippen molar-refractivity contribution in [1.82, 2.24) is 5.32 Å². The summed E-state index contributed by atoms with van der Waals surface area (Å²) < 4.78 is 1.05. The molecule has 0 heterocycles. The van der Waals surface area contributed by atoms with E-state index in [0.29, 0.717) is 6.04 Å². The van der Waals surface area contributed by atoms with Crippen molar-refractivity contribution in [2.24, 2.45) is 0 Å². The summed E-state index contributed by atoms with van der Waals surface area (Å²) in [5.41, 5.74) is 1.25. The average molecular weight is 333 g/mol. The second-order valence-corrected chi connectivity index (χ2v) is 6.04. The summed E-state index contributed by atoms with van der Waals surface area (Å²) in [6, 6.07) is 6.78. The van der Waals surface area contributed by atoms with Crippen molar-refractivity contribution in [1.29, 1.82) is 0 Å². The maximum Gasteiger partial charge on any atom is 0.0449 e. The van der Waals surface area contributed by atoms with Gasteiger partial charge in [0, 0.05) is 15.5 Å². The fourth-order valence-electron chi connectivity index (χ4n) is 2.10. The summed E-state index contributed by atoms with van der Waals surface area (Å²) >= 11 is 9.68. The maximum absolute atomic E-state index is 6.24. The van der Waals surface area contributed by atoms with Crippen molar-refractivity contribution in [2.45, 2.75) is 52.0 Å². The Morgan fingerprint density at radius 3 is 2.61 bits per heavy atom. The Hall–Kier alpha value is -0.0500. The second-order valence-electron chi connectivity index (χ2n) is 4.71. The highest BCUT2D eigenvalue weighted by molar-refractivity contribution is 9.10. The third-order valence-corrected chi connectivity index (χ3v) is 3.94. The molecule has 0 bridgehead atoms. The lowest BCUT2D eigenvalue weighted by atomic mass is 10.0. The fourth-order valence-corrected chi connectivity index (χ4v) is 2.87. The van der Waals surface area contributed by atoms with E-state index in [0.717, 1.165) is 28.9 Å². The molecule has 1 unspecified atom stereocenters. The zero-order valence-electron chi connectivity index (χ0n) is 11.3. The van der Waals surface area contributed by atoms with Gasteiger partial charge in [-0.3, -0.25) is 0 Å². The predicted octanol–water partition coefficient (Wildman–Crippen LogP) is 5.20. The summed E-state index contributed by atoms with van der Waals surface area (Å²) in [7, 11) is 0. The first-order valence-corrected chi connectivity index (χ1v) is 8.01. The third kappa shape index (κ3) is 5.73. The number of benzene rings is 1.